The van der Waals surface area contributed by atoms with E-state index in [1.165, 1.54) is 11.3 Å². The van der Waals surface area contributed by atoms with Crippen LogP contribution >= 0.6 is 22.9 Å². The fourth-order valence-electron chi connectivity index (χ4n) is 1.65. The van der Waals surface area contributed by atoms with Crippen LogP contribution in [0.2, 0.25) is 4.34 Å². The Morgan fingerprint density at radius 2 is 2.54 bits per heavy atom. The molecule has 1 aromatic heterocycles. The lowest BCUT2D eigenvalue weighted by Gasteiger charge is -2.19. The van der Waals surface area contributed by atoms with Crippen molar-refractivity contribution in [3.63, 3.8) is 0 Å². The maximum Gasteiger partial charge on any atom is 0.187 e. The minimum Gasteiger partial charge on any atom is -0.391 e. The summed E-state index contributed by atoms with van der Waals surface area (Å²) in [6, 6.07) is 0.359. The molecule has 13 heavy (non-hydrogen) atoms. The number of nitrogens with zero attached hydrogens (tertiary/aromatic N) is 2. The van der Waals surface area contributed by atoms with Gasteiger partial charge in [0, 0.05) is 12.6 Å². The van der Waals surface area contributed by atoms with Gasteiger partial charge in [-0.2, -0.15) is 0 Å². The number of rotatable bonds is 1. The van der Waals surface area contributed by atoms with Gasteiger partial charge < -0.3 is 10.0 Å². The average Bonchev–Trinajstić information content (AvgIpc) is 2.58. The quantitative estimate of drug-likeness (QED) is 0.781. The number of aliphatic hydroxyl groups is 1. The number of aromatic nitrogens is 1. The third-order valence-electron chi connectivity index (χ3n) is 2.26. The van der Waals surface area contributed by atoms with Crippen molar-refractivity contribution in [2.45, 2.75) is 25.5 Å². The Bertz CT molecular complexity index is 304. The number of hydrogen-bond acceptors (Lipinski definition) is 4. The first-order valence-corrected chi connectivity index (χ1v) is 5.42. The topological polar surface area (TPSA) is 36.4 Å². The van der Waals surface area contributed by atoms with Crippen LogP contribution < -0.4 is 4.90 Å². The molecule has 1 aliphatic rings. The van der Waals surface area contributed by atoms with Crippen LogP contribution in [-0.4, -0.2) is 28.8 Å². The summed E-state index contributed by atoms with van der Waals surface area (Å²) in [5.74, 6) is 0. The van der Waals surface area contributed by atoms with Crippen LogP contribution in [0.25, 0.3) is 0 Å². The molecule has 1 N–H and O–H groups in total. The van der Waals surface area contributed by atoms with Gasteiger partial charge in [-0.15, -0.1) is 0 Å². The summed E-state index contributed by atoms with van der Waals surface area (Å²) in [5, 5.41) is 10.4. The van der Waals surface area contributed by atoms with Gasteiger partial charge in [-0.3, -0.25) is 0 Å². The van der Waals surface area contributed by atoms with Gasteiger partial charge in [0.25, 0.3) is 0 Å². The summed E-state index contributed by atoms with van der Waals surface area (Å²) in [5.41, 5.74) is 0. The van der Waals surface area contributed by atoms with Crippen molar-refractivity contribution in [1.82, 2.24) is 4.98 Å². The maximum atomic E-state index is 9.44. The molecule has 0 saturated carbocycles. The Morgan fingerprint density at radius 3 is 3.00 bits per heavy atom. The third kappa shape index (κ3) is 1.80. The van der Waals surface area contributed by atoms with Crippen molar-refractivity contribution in [3.05, 3.63) is 10.5 Å². The Labute approximate surface area is 86.0 Å². The van der Waals surface area contributed by atoms with Crippen LogP contribution in [0, 0.1) is 0 Å². The average molecular weight is 219 g/mol. The highest BCUT2D eigenvalue weighted by atomic mass is 35.5. The van der Waals surface area contributed by atoms with E-state index in [9.17, 15) is 5.11 Å². The van der Waals surface area contributed by atoms with E-state index in [1.54, 1.807) is 6.20 Å². The van der Waals surface area contributed by atoms with Crippen molar-refractivity contribution in [2.24, 2.45) is 0 Å². The predicted octanol–water partition coefficient (Wildman–Crippen LogP) is 1.76. The second kappa shape index (κ2) is 3.44. The highest BCUT2D eigenvalue weighted by molar-refractivity contribution is 7.19. The Morgan fingerprint density at radius 1 is 1.77 bits per heavy atom. The zero-order chi connectivity index (χ0) is 9.42. The van der Waals surface area contributed by atoms with E-state index < -0.39 is 0 Å². The van der Waals surface area contributed by atoms with Crippen molar-refractivity contribution in [3.8, 4) is 0 Å². The molecule has 5 heteroatoms. The van der Waals surface area contributed by atoms with Crippen LogP contribution in [0.15, 0.2) is 6.20 Å². The van der Waals surface area contributed by atoms with E-state index in [0.29, 0.717) is 16.9 Å². The molecule has 0 aliphatic carbocycles. The molecule has 1 aliphatic heterocycles. The summed E-state index contributed by atoms with van der Waals surface area (Å²) in [7, 11) is 0. The molecular weight excluding hydrogens is 208 g/mol. The van der Waals surface area contributed by atoms with Crippen molar-refractivity contribution < 1.29 is 5.11 Å². The van der Waals surface area contributed by atoms with E-state index >= 15 is 0 Å². The van der Waals surface area contributed by atoms with Crippen LogP contribution in [0.3, 0.4) is 0 Å². The molecule has 1 saturated heterocycles. The highest BCUT2D eigenvalue weighted by Crippen LogP contribution is 2.31. The normalized spacial score (nSPS) is 28.4. The fourth-order valence-corrected chi connectivity index (χ4v) is 2.66. The molecular formula is C8H11ClN2OS. The van der Waals surface area contributed by atoms with Crippen LogP contribution in [-0.2, 0) is 0 Å². The van der Waals surface area contributed by atoms with Gasteiger partial charge in [0.15, 0.2) is 5.13 Å². The molecule has 0 bridgehead atoms. The number of anilines is 1. The van der Waals surface area contributed by atoms with Crippen molar-refractivity contribution >= 4 is 28.1 Å². The van der Waals surface area contributed by atoms with Gasteiger partial charge in [-0.25, -0.2) is 4.98 Å². The summed E-state index contributed by atoms with van der Waals surface area (Å²) < 4.78 is 0.698. The lowest BCUT2D eigenvalue weighted by molar-refractivity contribution is 0.195. The molecule has 0 amide bonds. The van der Waals surface area contributed by atoms with E-state index in [-0.39, 0.29) is 6.10 Å². The second-order valence-electron chi connectivity index (χ2n) is 3.34. The number of hydrogen-bond donors (Lipinski definition) is 1. The van der Waals surface area contributed by atoms with Gasteiger partial charge in [0.05, 0.1) is 12.3 Å². The lowest BCUT2D eigenvalue weighted by atomic mass is 10.2. The van der Waals surface area contributed by atoms with Gasteiger partial charge >= 0.3 is 0 Å². The lowest BCUT2D eigenvalue weighted by Crippen LogP contribution is -2.26. The monoisotopic (exact) mass is 218 g/mol. The molecule has 1 aromatic rings. The number of β-amino-alcohol motifs (C(OH)–C–C–N with tert-alkyl or cyclic N) is 1. The second-order valence-corrected chi connectivity index (χ2v) is 4.98. The Hall–Kier alpha value is -0.320. The Balaban J connectivity index is 2.17. The number of aliphatic hydroxyl groups excluding tert-OH is 1. The minimum absolute atomic E-state index is 0.224. The number of halogens is 1. The van der Waals surface area contributed by atoms with Gasteiger partial charge in [0.2, 0.25) is 0 Å². The van der Waals surface area contributed by atoms with Crippen molar-refractivity contribution in [1.29, 1.82) is 0 Å². The molecule has 3 nitrogen and oxygen atoms in total. The molecule has 72 valence electrons. The number of thiazole rings is 1. The molecule has 0 spiro atoms. The van der Waals surface area contributed by atoms with Crippen molar-refractivity contribution in [2.75, 3.05) is 11.4 Å². The summed E-state index contributed by atoms with van der Waals surface area (Å²) in [6.07, 6.45) is 2.24. The van der Waals surface area contributed by atoms with Crippen LogP contribution in [0.1, 0.15) is 13.3 Å². The molecule has 0 aromatic carbocycles. The molecule has 2 atom stereocenters. The predicted molar refractivity (Wildman–Crippen MR) is 54.6 cm³/mol. The SMILES string of the molecule is CC1CC(O)CN1c1ncc(Cl)s1. The third-order valence-corrected chi connectivity index (χ3v) is 3.42. The zero-order valence-electron chi connectivity index (χ0n) is 7.27. The summed E-state index contributed by atoms with van der Waals surface area (Å²) in [4.78, 5) is 6.28. The minimum atomic E-state index is -0.224. The van der Waals surface area contributed by atoms with E-state index in [4.69, 9.17) is 11.6 Å². The molecule has 2 rings (SSSR count). The summed E-state index contributed by atoms with van der Waals surface area (Å²) >= 11 is 7.25. The van der Waals surface area contributed by atoms with E-state index in [1.807, 2.05) is 0 Å². The summed E-state index contributed by atoms with van der Waals surface area (Å²) in [6.45, 7) is 2.76. The molecule has 2 heterocycles. The maximum absolute atomic E-state index is 9.44. The first-order valence-electron chi connectivity index (χ1n) is 4.23. The fraction of sp³-hybridized carbons (Fsp3) is 0.625. The van der Waals surface area contributed by atoms with Gasteiger partial charge in [0.1, 0.15) is 4.34 Å². The van der Waals surface area contributed by atoms with E-state index in [0.717, 1.165) is 11.6 Å². The van der Waals surface area contributed by atoms with E-state index in [2.05, 4.69) is 16.8 Å². The van der Waals surface area contributed by atoms with Gasteiger partial charge in [-0.05, 0) is 13.3 Å². The molecule has 2 unspecified atom stereocenters. The van der Waals surface area contributed by atoms with Gasteiger partial charge in [-0.1, -0.05) is 22.9 Å². The van der Waals surface area contributed by atoms with Crippen LogP contribution in [0.4, 0.5) is 5.13 Å². The Kier molecular flexibility index (Phi) is 2.45. The largest absolute Gasteiger partial charge is 0.391 e. The highest BCUT2D eigenvalue weighted by Gasteiger charge is 2.29. The zero-order valence-corrected chi connectivity index (χ0v) is 8.85. The first kappa shape index (κ1) is 9.24. The molecule has 0 radical (unpaired) electrons. The van der Waals surface area contributed by atoms with Crippen LogP contribution in [0.5, 0.6) is 0 Å². The molecule has 1 fully saturated rings. The standard InChI is InChI=1S/C8H11ClN2OS/c1-5-2-6(12)4-11(5)8-10-3-7(9)13-8/h3,5-6,12H,2,4H2,1H3. The first-order chi connectivity index (χ1) is 6.16. The smallest absolute Gasteiger partial charge is 0.187 e.